The lowest BCUT2D eigenvalue weighted by Gasteiger charge is -2.17. The van der Waals surface area contributed by atoms with Crippen LogP contribution in [-0.2, 0) is 13.5 Å². The predicted molar refractivity (Wildman–Crippen MR) is 89.3 cm³/mol. The van der Waals surface area contributed by atoms with Crippen molar-refractivity contribution >= 4 is 0 Å². The smallest absolute Gasteiger partial charge is 0.0702 e. The zero-order chi connectivity index (χ0) is 15.2. The van der Waals surface area contributed by atoms with Gasteiger partial charge < -0.3 is 5.32 Å². The van der Waals surface area contributed by atoms with Crippen LogP contribution in [0.3, 0.4) is 0 Å². The molecule has 0 aliphatic rings. The molecule has 1 unspecified atom stereocenters. The molecule has 0 saturated heterocycles. The van der Waals surface area contributed by atoms with E-state index in [9.17, 15) is 0 Å². The molecule has 3 nitrogen and oxygen atoms in total. The van der Waals surface area contributed by atoms with Crippen LogP contribution in [0.1, 0.15) is 50.9 Å². The minimum Gasteiger partial charge on any atom is -0.310 e. The predicted octanol–water partition coefficient (Wildman–Crippen LogP) is 4.10. The van der Waals surface area contributed by atoms with Crippen molar-refractivity contribution in [1.82, 2.24) is 15.1 Å². The van der Waals surface area contributed by atoms with Gasteiger partial charge in [0.25, 0.3) is 0 Å². The van der Waals surface area contributed by atoms with E-state index >= 15 is 0 Å². The van der Waals surface area contributed by atoms with Gasteiger partial charge in [-0.05, 0) is 36.6 Å². The Labute approximate surface area is 128 Å². The number of benzene rings is 1. The maximum atomic E-state index is 4.61. The molecule has 0 aliphatic heterocycles. The van der Waals surface area contributed by atoms with E-state index in [1.807, 2.05) is 11.7 Å². The Bertz CT molecular complexity index is 572. The number of aryl methyl sites for hydroxylation is 2. The van der Waals surface area contributed by atoms with Gasteiger partial charge in [0, 0.05) is 24.8 Å². The molecule has 0 aliphatic carbocycles. The molecule has 1 aromatic carbocycles. The van der Waals surface area contributed by atoms with Crippen LogP contribution in [0, 0.1) is 0 Å². The largest absolute Gasteiger partial charge is 0.310 e. The van der Waals surface area contributed by atoms with E-state index in [-0.39, 0.29) is 0 Å². The highest BCUT2D eigenvalue weighted by atomic mass is 15.2. The molecular weight excluding hydrogens is 258 g/mol. The molecule has 0 spiro atoms. The first-order valence-corrected chi connectivity index (χ1v) is 8.05. The summed E-state index contributed by atoms with van der Waals surface area (Å²) in [4.78, 5) is 0. The second-order valence-corrected chi connectivity index (χ2v) is 5.56. The van der Waals surface area contributed by atoms with E-state index in [0.717, 1.165) is 25.8 Å². The molecule has 0 radical (unpaired) electrons. The molecular formula is C18H27N3. The van der Waals surface area contributed by atoms with Crippen LogP contribution < -0.4 is 5.32 Å². The van der Waals surface area contributed by atoms with Crippen molar-refractivity contribution in [2.45, 2.75) is 46.1 Å². The lowest BCUT2D eigenvalue weighted by molar-refractivity contribution is 0.537. The highest BCUT2D eigenvalue weighted by molar-refractivity contribution is 5.66. The molecule has 114 valence electrons. The van der Waals surface area contributed by atoms with Crippen LogP contribution in [0.5, 0.6) is 0 Å². The van der Waals surface area contributed by atoms with Crippen molar-refractivity contribution in [2.75, 3.05) is 6.54 Å². The Hall–Kier alpha value is -1.61. The Morgan fingerprint density at radius 2 is 2.05 bits per heavy atom. The fraction of sp³-hybridized carbons (Fsp3) is 0.500. The van der Waals surface area contributed by atoms with Gasteiger partial charge in [0.05, 0.1) is 5.69 Å². The number of hydrogen-bond donors (Lipinski definition) is 1. The molecule has 3 heteroatoms. The Morgan fingerprint density at radius 1 is 1.24 bits per heavy atom. The number of nitrogens with zero attached hydrogens (tertiary/aromatic N) is 2. The normalized spacial score (nSPS) is 12.6. The van der Waals surface area contributed by atoms with E-state index in [4.69, 9.17) is 0 Å². The van der Waals surface area contributed by atoms with E-state index < -0.39 is 0 Å². The van der Waals surface area contributed by atoms with Gasteiger partial charge in [-0.25, -0.2) is 0 Å². The zero-order valence-corrected chi connectivity index (χ0v) is 13.7. The van der Waals surface area contributed by atoms with E-state index in [1.54, 1.807) is 0 Å². The molecule has 1 aromatic heterocycles. The first-order chi connectivity index (χ1) is 10.2. The van der Waals surface area contributed by atoms with Crippen LogP contribution in [0.15, 0.2) is 30.5 Å². The van der Waals surface area contributed by atoms with Gasteiger partial charge in [0.2, 0.25) is 0 Å². The third-order valence-corrected chi connectivity index (χ3v) is 3.85. The molecule has 0 fully saturated rings. The summed E-state index contributed by atoms with van der Waals surface area (Å²) in [5.74, 6) is 0. The standard InChI is InChI=1S/C18H27N3/c1-5-9-18-16(13-21(4)20-18)14-10-8-11-15(12-14)17(6-2)19-7-3/h8,10-13,17,19H,5-7,9H2,1-4H3. The van der Waals surface area contributed by atoms with Crippen molar-refractivity contribution in [1.29, 1.82) is 0 Å². The topological polar surface area (TPSA) is 29.9 Å². The van der Waals surface area contributed by atoms with Crippen molar-refractivity contribution < 1.29 is 0 Å². The van der Waals surface area contributed by atoms with Gasteiger partial charge in [-0.1, -0.05) is 45.4 Å². The highest BCUT2D eigenvalue weighted by Crippen LogP contribution is 2.27. The lowest BCUT2D eigenvalue weighted by atomic mass is 9.97. The zero-order valence-electron chi connectivity index (χ0n) is 13.7. The Balaban J connectivity index is 2.36. The second kappa shape index (κ2) is 7.41. The third-order valence-electron chi connectivity index (χ3n) is 3.85. The van der Waals surface area contributed by atoms with Crippen LogP contribution >= 0.6 is 0 Å². The molecule has 2 aromatic rings. The van der Waals surface area contributed by atoms with Gasteiger partial charge in [0.15, 0.2) is 0 Å². The molecule has 2 rings (SSSR count). The average molecular weight is 285 g/mol. The van der Waals surface area contributed by atoms with Crippen molar-refractivity contribution in [3.8, 4) is 11.1 Å². The first kappa shape index (κ1) is 15.8. The third kappa shape index (κ3) is 3.73. The SMILES string of the molecule is CCCc1nn(C)cc1-c1cccc(C(CC)NCC)c1. The quantitative estimate of drug-likeness (QED) is 0.830. The van der Waals surface area contributed by atoms with Gasteiger partial charge >= 0.3 is 0 Å². The summed E-state index contributed by atoms with van der Waals surface area (Å²) in [6, 6.07) is 9.32. The van der Waals surface area contributed by atoms with Gasteiger partial charge in [0.1, 0.15) is 0 Å². The number of hydrogen-bond acceptors (Lipinski definition) is 2. The average Bonchev–Trinajstić information content (AvgIpc) is 2.86. The summed E-state index contributed by atoms with van der Waals surface area (Å²) in [6.07, 6.45) is 5.40. The van der Waals surface area contributed by atoms with Crippen LogP contribution in [0.4, 0.5) is 0 Å². The minimum atomic E-state index is 0.432. The van der Waals surface area contributed by atoms with E-state index in [2.05, 4.69) is 61.6 Å². The van der Waals surface area contributed by atoms with Crippen LogP contribution in [0.25, 0.3) is 11.1 Å². The highest BCUT2D eigenvalue weighted by Gasteiger charge is 2.12. The Kier molecular flexibility index (Phi) is 5.57. The maximum Gasteiger partial charge on any atom is 0.0702 e. The summed E-state index contributed by atoms with van der Waals surface area (Å²) >= 11 is 0. The molecule has 0 saturated carbocycles. The fourth-order valence-electron chi connectivity index (χ4n) is 2.86. The fourth-order valence-corrected chi connectivity index (χ4v) is 2.86. The number of aromatic nitrogens is 2. The summed E-state index contributed by atoms with van der Waals surface area (Å²) < 4.78 is 1.93. The summed E-state index contributed by atoms with van der Waals surface area (Å²) in [6.45, 7) is 7.59. The second-order valence-electron chi connectivity index (χ2n) is 5.56. The molecule has 1 N–H and O–H groups in total. The van der Waals surface area contributed by atoms with Gasteiger partial charge in [-0.2, -0.15) is 5.10 Å². The molecule has 0 bridgehead atoms. The van der Waals surface area contributed by atoms with Crippen molar-refractivity contribution in [3.63, 3.8) is 0 Å². The van der Waals surface area contributed by atoms with Crippen LogP contribution in [-0.4, -0.2) is 16.3 Å². The molecule has 0 amide bonds. The first-order valence-electron chi connectivity index (χ1n) is 8.05. The summed E-state index contributed by atoms with van der Waals surface area (Å²) in [5.41, 5.74) is 5.12. The number of rotatable bonds is 7. The Morgan fingerprint density at radius 3 is 2.71 bits per heavy atom. The van der Waals surface area contributed by atoms with Crippen molar-refractivity contribution in [2.24, 2.45) is 7.05 Å². The minimum absolute atomic E-state index is 0.432. The maximum absolute atomic E-state index is 4.61. The number of nitrogens with one attached hydrogen (secondary N) is 1. The molecule has 21 heavy (non-hydrogen) atoms. The monoisotopic (exact) mass is 285 g/mol. The van der Waals surface area contributed by atoms with Crippen molar-refractivity contribution in [3.05, 3.63) is 41.7 Å². The summed E-state index contributed by atoms with van der Waals surface area (Å²) in [5, 5.41) is 8.16. The van der Waals surface area contributed by atoms with Gasteiger partial charge in [-0.15, -0.1) is 0 Å². The van der Waals surface area contributed by atoms with E-state index in [1.165, 1.54) is 22.4 Å². The summed E-state index contributed by atoms with van der Waals surface area (Å²) in [7, 11) is 2.00. The van der Waals surface area contributed by atoms with Crippen LogP contribution in [0.2, 0.25) is 0 Å². The van der Waals surface area contributed by atoms with Gasteiger partial charge in [-0.3, -0.25) is 4.68 Å². The lowest BCUT2D eigenvalue weighted by Crippen LogP contribution is -2.19. The molecule has 1 atom stereocenters. The van der Waals surface area contributed by atoms with E-state index in [0.29, 0.717) is 6.04 Å². The molecule has 1 heterocycles.